The van der Waals surface area contributed by atoms with Crippen molar-refractivity contribution in [3.05, 3.63) is 24.3 Å². The van der Waals surface area contributed by atoms with Crippen LogP contribution in [0.25, 0.3) is 0 Å². The zero-order valence-corrected chi connectivity index (χ0v) is 10.3. The predicted molar refractivity (Wildman–Crippen MR) is 65.6 cm³/mol. The van der Waals surface area contributed by atoms with E-state index in [4.69, 9.17) is 5.11 Å². The second-order valence-corrected chi connectivity index (χ2v) is 5.37. The molecule has 1 unspecified atom stereocenters. The number of para-hydroxylation sites is 2. The van der Waals surface area contributed by atoms with Crippen molar-refractivity contribution in [3.63, 3.8) is 0 Å². The Bertz CT molecular complexity index is 513. The van der Waals surface area contributed by atoms with Crippen molar-refractivity contribution in [2.24, 2.45) is 0 Å². The maximum absolute atomic E-state index is 11.1. The Balaban J connectivity index is 2.96. The molecular formula is C10H14N2O4S. The smallest absolute Gasteiger partial charge is 0.325 e. The number of sulfonamides is 1. The summed E-state index contributed by atoms with van der Waals surface area (Å²) in [6.45, 7) is 1.47. The molecule has 94 valence electrons. The van der Waals surface area contributed by atoms with Crippen LogP contribution < -0.4 is 10.0 Å². The van der Waals surface area contributed by atoms with Crippen molar-refractivity contribution in [2.75, 3.05) is 16.3 Å². The highest BCUT2D eigenvalue weighted by Crippen LogP contribution is 2.22. The fourth-order valence-electron chi connectivity index (χ4n) is 1.19. The zero-order chi connectivity index (χ0) is 13.1. The van der Waals surface area contributed by atoms with Gasteiger partial charge in [-0.25, -0.2) is 8.42 Å². The summed E-state index contributed by atoms with van der Waals surface area (Å²) < 4.78 is 24.5. The Morgan fingerprint density at radius 2 is 1.82 bits per heavy atom. The van der Waals surface area contributed by atoms with Crippen LogP contribution in [0.15, 0.2) is 24.3 Å². The van der Waals surface area contributed by atoms with Crippen LogP contribution in [-0.4, -0.2) is 31.8 Å². The number of aliphatic carboxylic acids is 1. The van der Waals surface area contributed by atoms with Crippen molar-refractivity contribution in [2.45, 2.75) is 13.0 Å². The van der Waals surface area contributed by atoms with E-state index in [-0.39, 0.29) is 0 Å². The van der Waals surface area contributed by atoms with Gasteiger partial charge in [0.2, 0.25) is 10.0 Å². The number of rotatable bonds is 5. The molecule has 7 heteroatoms. The molecule has 0 bridgehead atoms. The lowest BCUT2D eigenvalue weighted by Gasteiger charge is -2.15. The van der Waals surface area contributed by atoms with Crippen LogP contribution in [0, 0.1) is 0 Å². The van der Waals surface area contributed by atoms with Gasteiger partial charge < -0.3 is 10.4 Å². The second-order valence-electron chi connectivity index (χ2n) is 3.62. The zero-order valence-electron chi connectivity index (χ0n) is 9.47. The minimum Gasteiger partial charge on any atom is -0.480 e. The Hall–Kier alpha value is -1.76. The van der Waals surface area contributed by atoms with E-state index in [2.05, 4.69) is 10.0 Å². The van der Waals surface area contributed by atoms with Gasteiger partial charge in [-0.3, -0.25) is 9.52 Å². The maximum atomic E-state index is 11.1. The van der Waals surface area contributed by atoms with E-state index in [1.807, 2.05) is 0 Å². The molecule has 0 fully saturated rings. The first kappa shape index (κ1) is 13.3. The topological polar surface area (TPSA) is 95.5 Å². The van der Waals surface area contributed by atoms with E-state index in [1.165, 1.54) is 6.92 Å². The number of hydrogen-bond acceptors (Lipinski definition) is 4. The molecule has 1 aromatic carbocycles. The van der Waals surface area contributed by atoms with Gasteiger partial charge in [0, 0.05) is 0 Å². The Morgan fingerprint density at radius 3 is 2.29 bits per heavy atom. The minimum atomic E-state index is -3.39. The number of carboxylic acids is 1. The molecule has 6 nitrogen and oxygen atoms in total. The highest BCUT2D eigenvalue weighted by atomic mass is 32.2. The van der Waals surface area contributed by atoms with Crippen molar-refractivity contribution in [1.29, 1.82) is 0 Å². The fraction of sp³-hybridized carbons (Fsp3) is 0.300. The van der Waals surface area contributed by atoms with E-state index in [9.17, 15) is 13.2 Å². The largest absolute Gasteiger partial charge is 0.480 e. The van der Waals surface area contributed by atoms with Gasteiger partial charge in [-0.05, 0) is 19.1 Å². The normalized spacial score (nSPS) is 12.8. The quantitative estimate of drug-likeness (QED) is 0.730. The van der Waals surface area contributed by atoms with Crippen molar-refractivity contribution >= 4 is 27.4 Å². The van der Waals surface area contributed by atoms with Crippen LogP contribution >= 0.6 is 0 Å². The van der Waals surface area contributed by atoms with E-state index in [0.717, 1.165) is 6.26 Å². The van der Waals surface area contributed by atoms with Crippen LogP contribution in [-0.2, 0) is 14.8 Å². The van der Waals surface area contributed by atoms with Gasteiger partial charge in [0.25, 0.3) is 0 Å². The summed E-state index contributed by atoms with van der Waals surface area (Å²) in [5.74, 6) is -1.01. The number of hydrogen-bond donors (Lipinski definition) is 3. The summed E-state index contributed by atoms with van der Waals surface area (Å²) >= 11 is 0. The van der Waals surface area contributed by atoms with E-state index < -0.39 is 22.0 Å². The monoisotopic (exact) mass is 258 g/mol. The molecule has 0 aliphatic carbocycles. The van der Waals surface area contributed by atoms with Crippen LogP contribution in [0.5, 0.6) is 0 Å². The maximum Gasteiger partial charge on any atom is 0.325 e. The van der Waals surface area contributed by atoms with Gasteiger partial charge in [0.15, 0.2) is 0 Å². The van der Waals surface area contributed by atoms with Gasteiger partial charge >= 0.3 is 5.97 Å². The molecule has 1 atom stereocenters. The fourth-order valence-corrected chi connectivity index (χ4v) is 1.77. The van der Waals surface area contributed by atoms with Crippen LogP contribution in [0.2, 0.25) is 0 Å². The van der Waals surface area contributed by atoms with Gasteiger partial charge in [0.1, 0.15) is 6.04 Å². The molecule has 0 radical (unpaired) electrons. The lowest BCUT2D eigenvalue weighted by molar-refractivity contribution is -0.137. The summed E-state index contributed by atoms with van der Waals surface area (Å²) in [6.07, 6.45) is 1.03. The first-order valence-corrected chi connectivity index (χ1v) is 6.75. The summed E-state index contributed by atoms with van der Waals surface area (Å²) in [4.78, 5) is 10.7. The summed E-state index contributed by atoms with van der Waals surface area (Å²) in [5, 5.41) is 11.5. The number of nitrogens with one attached hydrogen (secondary N) is 2. The molecule has 1 aromatic rings. The van der Waals surface area contributed by atoms with Crippen LogP contribution in [0.4, 0.5) is 11.4 Å². The molecule has 0 aromatic heterocycles. The molecular weight excluding hydrogens is 244 g/mol. The molecule has 0 aliphatic heterocycles. The Morgan fingerprint density at radius 1 is 1.29 bits per heavy atom. The second kappa shape index (κ2) is 5.05. The molecule has 0 heterocycles. The molecule has 0 saturated heterocycles. The lowest BCUT2D eigenvalue weighted by Crippen LogP contribution is -2.26. The average Bonchev–Trinajstić information content (AvgIpc) is 2.18. The molecule has 0 aliphatic rings. The van der Waals surface area contributed by atoms with E-state index >= 15 is 0 Å². The third-order valence-corrected chi connectivity index (χ3v) is 2.56. The number of carboxylic acid groups (broad SMARTS) is 1. The molecule has 0 amide bonds. The highest BCUT2D eigenvalue weighted by molar-refractivity contribution is 7.92. The standard InChI is InChI=1S/C10H14N2O4S/c1-7(10(13)14)11-8-5-3-4-6-9(8)12-17(2,15)16/h3-7,11-12H,1-2H3,(H,13,14). The van der Waals surface area contributed by atoms with Crippen molar-refractivity contribution < 1.29 is 18.3 Å². The number of carbonyl (C=O) groups is 1. The molecule has 3 N–H and O–H groups in total. The number of benzene rings is 1. The summed E-state index contributed by atoms with van der Waals surface area (Å²) in [7, 11) is -3.39. The van der Waals surface area contributed by atoms with Crippen molar-refractivity contribution in [1.82, 2.24) is 0 Å². The predicted octanol–water partition coefficient (Wildman–Crippen LogP) is 0.943. The molecule has 0 spiro atoms. The third kappa shape index (κ3) is 4.31. The van der Waals surface area contributed by atoms with Gasteiger partial charge in [0.05, 0.1) is 17.6 Å². The van der Waals surface area contributed by atoms with Crippen LogP contribution in [0.1, 0.15) is 6.92 Å². The first-order valence-electron chi connectivity index (χ1n) is 4.86. The molecule has 17 heavy (non-hydrogen) atoms. The summed E-state index contributed by atoms with van der Waals surface area (Å²) in [5.41, 5.74) is 0.746. The minimum absolute atomic E-state index is 0.322. The highest BCUT2D eigenvalue weighted by Gasteiger charge is 2.13. The summed E-state index contributed by atoms with van der Waals surface area (Å²) in [6, 6.07) is 5.69. The number of anilines is 2. The SMILES string of the molecule is CC(Nc1ccccc1NS(C)(=O)=O)C(=O)O. The lowest BCUT2D eigenvalue weighted by atomic mass is 10.2. The Kier molecular flexibility index (Phi) is 3.95. The average molecular weight is 258 g/mol. The molecule has 0 saturated carbocycles. The van der Waals surface area contributed by atoms with Gasteiger partial charge in [-0.1, -0.05) is 12.1 Å². The van der Waals surface area contributed by atoms with E-state index in [0.29, 0.717) is 11.4 Å². The Labute approximate surface area is 99.7 Å². The van der Waals surface area contributed by atoms with Gasteiger partial charge in [-0.15, -0.1) is 0 Å². The van der Waals surface area contributed by atoms with Crippen molar-refractivity contribution in [3.8, 4) is 0 Å². The third-order valence-electron chi connectivity index (χ3n) is 1.96. The first-order chi connectivity index (χ1) is 7.79. The van der Waals surface area contributed by atoms with Gasteiger partial charge in [-0.2, -0.15) is 0 Å². The van der Waals surface area contributed by atoms with Crippen LogP contribution in [0.3, 0.4) is 0 Å². The van der Waals surface area contributed by atoms with E-state index in [1.54, 1.807) is 24.3 Å². The molecule has 1 rings (SSSR count).